The molecule has 19 heavy (non-hydrogen) atoms. The summed E-state index contributed by atoms with van der Waals surface area (Å²) >= 11 is 0. The van der Waals surface area contributed by atoms with Gasteiger partial charge in [0.25, 0.3) is 0 Å². The van der Waals surface area contributed by atoms with E-state index < -0.39 is 6.10 Å². The first-order chi connectivity index (χ1) is 9.31. The highest BCUT2D eigenvalue weighted by Crippen LogP contribution is 2.23. The molecule has 1 unspecified atom stereocenters. The van der Waals surface area contributed by atoms with Gasteiger partial charge in [0.1, 0.15) is 23.7 Å². The van der Waals surface area contributed by atoms with Gasteiger partial charge in [0.2, 0.25) is 0 Å². The maximum atomic E-state index is 9.98. The van der Waals surface area contributed by atoms with E-state index in [0.717, 1.165) is 0 Å². The van der Waals surface area contributed by atoms with Crippen LogP contribution >= 0.6 is 0 Å². The molecule has 0 heterocycles. The third kappa shape index (κ3) is 3.51. The van der Waals surface area contributed by atoms with E-state index in [-0.39, 0.29) is 0 Å². The van der Waals surface area contributed by atoms with Crippen molar-refractivity contribution in [2.75, 3.05) is 7.11 Å². The predicted octanol–water partition coefficient (Wildman–Crippen LogP) is 2.77. The molecule has 1 N–H and O–H groups in total. The number of methoxy groups -OCH3 is 1. The Bertz CT molecular complexity index is 582. The van der Waals surface area contributed by atoms with Crippen molar-refractivity contribution >= 4 is 0 Å². The Morgan fingerprint density at radius 2 is 1.68 bits per heavy atom. The number of para-hydroxylation sites is 2. The van der Waals surface area contributed by atoms with Gasteiger partial charge in [-0.05, 0) is 24.1 Å². The Labute approximate surface area is 112 Å². The van der Waals surface area contributed by atoms with Gasteiger partial charge in [-0.3, -0.25) is 0 Å². The van der Waals surface area contributed by atoms with Crippen LogP contribution in [0.25, 0.3) is 0 Å². The predicted molar refractivity (Wildman–Crippen MR) is 72.8 cm³/mol. The summed E-state index contributed by atoms with van der Waals surface area (Å²) < 4.78 is 10.4. The normalized spacial score (nSPS) is 11.1. The summed E-state index contributed by atoms with van der Waals surface area (Å²) in [5.41, 5.74) is 0.620. The molecule has 2 rings (SSSR count). The molecule has 0 radical (unpaired) electrons. The van der Waals surface area contributed by atoms with Crippen LogP contribution in [0.4, 0.5) is 0 Å². The van der Waals surface area contributed by atoms with Crippen LogP contribution in [-0.2, 0) is 0 Å². The van der Waals surface area contributed by atoms with Crippen molar-refractivity contribution in [2.24, 2.45) is 0 Å². The number of benzene rings is 2. The van der Waals surface area contributed by atoms with E-state index in [1.54, 1.807) is 31.4 Å². The molecule has 0 aliphatic rings. The average molecular weight is 254 g/mol. The quantitative estimate of drug-likeness (QED) is 0.856. The molecule has 0 aromatic heterocycles. The number of aliphatic hydroxyl groups is 1. The number of ether oxygens (including phenoxy) is 2. The van der Waals surface area contributed by atoms with Crippen molar-refractivity contribution in [3.8, 4) is 23.5 Å². The Morgan fingerprint density at radius 3 is 2.42 bits per heavy atom. The highest BCUT2D eigenvalue weighted by Gasteiger charge is 2.09. The zero-order valence-electron chi connectivity index (χ0n) is 10.5. The van der Waals surface area contributed by atoms with Crippen molar-refractivity contribution < 1.29 is 14.6 Å². The Balaban J connectivity index is 2.07. The van der Waals surface area contributed by atoms with Crippen LogP contribution in [0.3, 0.4) is 0 Å². The van der Waals surface area contributed by atoms with Crippen LogP contribution in [0.15, 0.2) is 54.6 Å². The van der Waals surface area contributed by atoms with Crippen LogP contribution in [0.1, 0.15) is 11.7 Å². The molecule has 3 nitrogen and oxygen atoms in total. The third-order valence-corrected chi connectivity index (χ3v) is 2.54. The van der Waals surface area contributed by atoms with Gasteiger partial charge in [-0.15, -0.1) is 0 Å². The molecule has 0 aliphatic heterocycles. The molecular formula is C16H14O3. The number of hydrogen-bond donors (Lipinski definition) is 1. The van der Waals surface area contributed by atoms with Crippen molar-refractivity contribution in [3.05, 3.63) is 60.2 Å². The number of aliphatic hydroxyl groups excluding tert-OH is 1. The SMILES string of the molecule is COc1ccccc1C(O)C#COc1ccccc1. The second-order valence-electron chi connectivity index (χ2n) is 3.81. The zero-order chi connectivity index (χ0) is 13.5. The maximum Gasteiger partial charge on any atom is 0.147 e. The van der Waals surface area contributed by atoms with Crippen molar-refractivity contribution in [1.29, 1.82) is 0 Å². The highest BCUT2D eigenvalue weighted by atomic mass is 16.5. The Morgan fingerprint density at radius 1 is 1.00 bits per heavy atom. The van der Waals surface area contributed by atoms with Crippen LogP contribution in [0, 0.1) is 12.0 Å². The molecule has 0 aliphatic carbocycles. The summed E-state index contributed by atoms with van der Waals surface area (Å²) in [6, 6.07) is 16.4. The van der Waals surface area contributed by atoms with Crippen molar-refractivity contribution in [3.63, 3.8) is 0 Å². The van der Waals surface area contributed by atoms with E-state index >= 15 is 0 Å². The van der Waals surface area contributed by atoms with Gasteiger partial charge < -0.3 is 14.6 Å². The van der Waals surface area contributed by atoms with Crippen LogP contribution in [-0.4, -0.2) is 12.2 Å². The molecule has 0 saturated carbocycles. The topological polar surface area (TPSA) is 38.7 Å². The summed E-state index contributed by atoms with van der Waals surface area (Å²) in [7, 11) is 1.56. The van der Waals surface area contributed by atoms with E-state index in [1.165, 1.54) is 0 Å². The lowest BCUT2D eigenvalue weighted by Crippen LogP contribution is -1.98. The molecular weight excluding hydrogens is 240 g/mol. The Hall–Kier alpha value is -2.44. The molecule has 1 atom stereocenters. The maximum absolute atomic E-state index is 9.98. The van der Waals surface area contributed by atoms with Gasteiger partial charge in [0.05, 0.1) is 7.11 Å². The second kappa shape index (κ2) is 6.48. The summed E-state index contributed by atoms with van der Waals surface area (Å²) in [5, 5.41) is 9.98. The zero-order valence-corrected chi connectivity index (χ0v) is 10.5. The summed E-state index contributed by atoms with van der Waals surface area (Å²) in [5.74, 6) is 3.87. The first-order valence-electron chi connectivity index (χ1n) is 5.84. The van der Waals surface area contributed by atoms with Gasteiger partial charge >= 0.3 is 0 Å². The lowest BCUT2D eigenvalue weighted by atomic mass is 10.1. The molecule has 96 valence electrons. The van der Waals surface area contributed by atoms with Crippen LogP contribution in [0.2, 0.25) is 0 Å². The van der Waals surface area contributed by atoms with Gasteiger partial charge in [-0.2, -0.15) is 0 Å². The van der Waals surface area contributed by atoms with Crippen molar-refractivity contribution in [1.82, 2.24) is 0 Å². The summed E-state index contributed by atoms with van der Waals surface area (Å²) in [4.78, 5) is 0. The van der Waals surface area contributed by atoms with Gasteiger partial charge in [-0.1, -0.05) is 36.4 Å². The van der Waals surface area contributed by atoms with Crippen LogP contribution < -0.4 is 9.47 Å². The minimum Gasteiger partial charge on any atom is -0.496 e. The van der Waals surface area contributed by atoms with E-state index in [4.69, 9.17) is 9.47 Å². The molecule has 0 amide bonds. The number of hydrogen-bond acceptors (Lipinski definition) is 3. The standard InChI is InChI=1S/C16H14O3/c1-18-16-10-6-5-9-14(16)15(17)11-12-19-13-7-3-2-4-8-13/h2-10,15,17H,1H3. The fraction of sp³-hybridized carbons (Fsp3) is 0.125. The van der Waals surface area contributed by atoms with Crippen LogP contribution in [0.5, 0.6) is 11.5 Å². The van der Waals surface area contributed by atoms with Crippen molar-refractivity contribution in [2.45, 2.75) is 6.10 Å². The van der Waals surface area contributed by atoms with E-state index in [9.17, 15) is 5.11 Å². The number of rotatable bonds is 3. The second-order valence-corrected chi connectivity index (χ2v) is 3.81. The molecule has 2 aromatic rings. The summed E-state index contributed by atoms with van der Waals surface area (Å²) in [6.45, 7) is 0. The minimum absolute atomic E-state index is 0.601. The minimum atomic E-state index is -0.945. The fourth-order valence-corrected chi connectivity index (χ4v) is 1.60. The molecule has 0 fully saturated rings. The van der Waals surface area contributed by atoms with E-state index in [1.807, 2.05) is 30.3 Å². The molecule has 2 aromatic carbocycles. The third-order valence-electron chi connectivity index (χ3n) is 2.54. The molecule has 3 heteroatoms. The van der Waals surface area contributed by atoms with E-state index in [2.05, 4.69) is 12.0 Å². The van der Waals surface area contributed by atoms with Gasteiger partial charge in [-0.25, -0.2) is 0 Å². The first-order valence-corrected chi connectivity index (χ1v) is 5.84. The lowest BCUT2D eigenvalue weighted by molar-refractivity contribution is 0.231. The van der Waals surface area contributed by atoms with E-state index in [0.29, 0.717) is 17.1 Å². The molecule has 0 saturated heterocycles. The lowest BCUT2D eigenvalue weighted by Gasteiger charge is -2.09. The first kappa shape index (κ1) is 13.0. The average Bonchev–Trinajstić information content (AvgIpc) is 2.48. The van der Waals surface area contributed by atoms with Gasteiger partial charge in [0.15, 0.2) is 0 Å². The molecule has 0 spiro atoms. The Kier molecular flexibility index (Phi) is 4.44. The monoisotopic (exact) mass is 254 g/mol. The smallest absolute Gasteiger partial charge is 0.147 e. The highest BCUT2D eigenvalue weighted by molar-refractivity contribution is 5.38. The van der Waals surface area contributed by atoms with Gasteiger partial charge in [0, 0.05) is 5.56 Å². The molecule has 0 bridgehead atoms. The fourth-order valence-electron chi connectivity index (χ4n) is 1.60. The largest absolute Gasteiger partial charge is 0.496 e. The summed E-state index contributed by atoms with van der Waals surface area (Å²) in [6.07, 6.45) is 1.55.